The van der Waals surface area contributed by atoms with Crippen LogP contribution in [-0.2, 0) is 0 Å². The van der Waals surface area contributed by atoms with Crippen molar-refractivity contribution in [2.75, 3.05) is 12.8 Å². The van der Waals surface area contributed by atoms with Gasteiger partial charge in [0.05, 0.1) is 24.3 Å². The van der Waals surface area contributed by atoms with Crippen molar-refractivity contribution in [2.24, 2.45) is 0 Å². The van der Waals surface area contributed by atoms with E-state index in [0.717, 1.165) is 39.0 Å². The third-order valence-electron chi connectivity index (χ3n) is 3.56. The van der Waals surface area contributed by atoms with E-state index in [-0.39, 0.29) is 0 Å². The molecule has 0 atom stereocenters. The number of hydrogen-bond donors (Lipinski definition) is 1. The van der Waals surface area contributed by atoms with Gasteiger partial charge in [-0.1, -0.05) is 6.07 Å². The van der Waals surface area contributed by atoms with Crippen LogP contribution < -0.4 is 10.5 Å². The molecule has 0 spiro atoms. The Hall–Kier alpha value is -2.62. The Labute approximate surface area is 123 Å². The quantitative estimate of drug-likeness (QED) is 0.780. The lowest BCUT2D eigenvalue weighted by Gasteiger charge is -2.12. The summed E-state index contributed by atoms with van der Waals surface area (Å²) in [6, 6.07) is 10.3. The van der Waals surface area contributed by atoms with Gasteiger partial charge in [0, 0.05) is 0 Å². The van der Waals surface area contributed by atoms with Crippen molar-refractivity contribution in [3.05, 3.63) is 47.7 Å². The predicted molar refractivity (Wildman–Crippen MR) is 85.4 cm³/mol. The zero-order valence-electron chi connectivity index (χ0n) is 12.3. The molecule has 21 heavy (non-hydrogen) atoms. The van der Waals surface area contributed by atoms with Crippen LogP contribution in [0.2, 0.25) is 0 Å². The van der Waals surface area contributed by atoms with Crippen LogP contribution in [0.25, 0.3) is 22.2 Å². The van der Waals surface area contributed by atoms with Gasteiger partial charge in [-0.25, -0.2) is 4.98 Å². The molecule has 4 heteroatoms. The number of nitrogens with two attached hydrogens (primary N) is 1. The Morgan fingerprint density at radius 2 is 1.67 bits per heavy atom. The van der Waals surface area contributed by atoms with Crippen LogP contribution in [0.5, 0.6) is 5.75 Å². The van der Waals surface area contributed by atoms with Crippen molar-refractivity contribution < 1.29 is 4.74 Å². The van der Waals surface area contributed by atoms with E-state index < -0.39 is 0 Å². The fraction of sp³-hybridized carbons (Fsp3) is 0.176. The molecule has 0 aliphatic rings. The maximum Gasteiger partial charge on any atom is 0.142 e. The van der Waals surface area contributed by atoms with Crippen LogP contribution in [0.1, 0.15) is 11.1 Å². The molecular weight excluding hydrogens is 262 g/mol. The molecule has 0 unspecified atom stereocenters. The molecule has 0 amide bonds. The Morgan fingerprint density at radius 3 is 2.33 bits per heavy atom. The molecule has 106 valence electrons. The van der Waals surface area contributed by atoms with Crippen molar-refractivity contribution in [3.8, 4) is 16.9 Å². The van der Waals surface area contributed by atoms with Gasteiger partial charge in [0.25, 0.3) is 0 Å². The second-order valence-electron chi connectivity index (χ2n) is 5.14. The van der Waals surface area contributed by atoms with Gasteiger partial charge in [0.15, 0.2) is 0 Å². The molecule has 2 N–H and O–H groups in total. The minimum absolute atomic E-state index is 0.432. The molecule has 0 aliphatic carbocycles. The van der Waals surface area contributed by atoms with Gasteiger partial charge >= 0.3 is 0 Å². The number of hydrogen-bond acceptors (Lipinski definition) is 4. The monoisotopic (exact) mass is 279 g/mol. The number of anilines is 1. The normalized spacial score (nSPS) is 10.8. The number of fused-ring (bicyclic) bond motifs is 1. The summed E-state index contributed by atoms with van der Waals surface area (Å²) in [7, 11) is 1.70. The van der Waals surface area contributed by atoms with Gasteiger partial charge < -0.3 is 10.5 Å². The van der Waals surface area contributed by atoms with E-state index in [2.05, 4.69) is 22.1 Å². The molecule has 0 saturated carbocycles. The highest BCUT2D eigenvalue weighted by molar-refractivity contribution is 5.82. The van der Waals surface area contributed by atoms with Crippen LogP contribution in [0.4, 0.5) is 5.82 Å². The van der Waals surface area contributed by atoms with Crippen LogP contribution in [0, 0.1) is 13.8 Å². The maximum absolute atomic E-state index is 5.71. The lowest BCUT2D eigenvalue weighted by atomic mass is 9.99. The Bertz CT molecular complexity index is 804. The molecule has 3 rings (SSSR count). The first-order chi connectivity index (χ1) is 10.1. The first-order valence-corrected chi connectivity index (χ1v) is 6.76. The SMILES string of the molecule is COc1c(C)cc(-c2ccc3ncc(N)nc3c2)cc1C. The molecule has 1 aromatic heterocycles. The summed E-state index contributed by atoms with van der Waals surface area (Å²) in [5.41, 5.74) is 11.8. The van der Waals surface area contributed by atoms with Gasteiger partial charge in [-0.05, 0) is 60.4 Å². The van der Waals surface area contributed by atoms with Crippen molar-refractivity contribution in [1.82, 2.24) is 9.97 Å². The number of aryl methyl sites for hydroxylation is 2. The molecule has 0 fully saturated rings. The molecular formula is C17H17N3O. The number of methoxy groups -OCH3 is 1. The Balaban J connectivity index is 2.16. The molecule has 1 heterocycles. The third kappa shape index (κ3) is 2.40. The summed E-state index contributed by atoms with van der Waals surface area (Å²) < 4.78 is 5.41. The van der Waals surface area contributed by atoms with Crippen LogP contribution >= 0.6 is 0 Å². The summed E-state index contributed by atoms with van der Waals surface area (Å²) in [4.78, 5) is 8.60. The van der Waals surface area contributed by atoms with Gasteiger partial charge in [0.1, 0.15) is 11.6 Å². The predicted octanol–water partition coefficient (Wildman–Crippen LogP) is 3.50. The summed E-state index contributed by atoms with van der Waals surface area (Å²) >= 11 is 0. The summed E-state index contributed by atoms with van der Waals surface area (Å²) in [5.74, 6) is 1.37. The molecule has 0 aliphatic heterocycles. The minimum Gasteiger partial charge on any atom is -0.496 e. The van der Waals surface area contributed by atoms with E-state index in [1.54, 1.807) is 13.3 Å². The Morgan fingerprint density at radius 1 is 0.952 bits per heavy atom. The lowest BCUT2D eigenvalue weighted by molar-refractivity contribution is 0.408. The number of nitrogen functional groups attached to an aromatic ring is 1. The fourth-order valence-electron chi connectivity index (χ4n) is 2.64. The second kappa shape index (κ2) is 5.05. The average molecular weight is 279 g/mol. The highest BCUT2D eigenvalue weighted by Crippen LogP contribution is 2.31. The van der Waals surface area contributed by atoms with Gasteiger partial charge in [0.2, 0.25) is 0 Å². The largest absolute Gasteiger partial charge is 0.496 e. The molecule has 3 aromatic rings. The van der Waals surface area contributed by atoms with Crippen LogP contribution in [0.3, 0.4) is 0 Å². The van der Waals surface area contributed by atoms with Crippen molar-refractivity contribution >= 4 is 16.9 Å². The number of ether oxygens (including phenoxy) is 1. The summed E-state index contributed by atoms with van der Waals surface area (Å²) in [5, 5.41) is 0. The summed E-state index contributed by atoms with van der Waals surface area (Å²) in [6.45, 7) is 4.10. The molecule has 0 bridgehead atoms. The van der Waals surface area contributed by atoms with Crippen LogP contribution in [-0.4, -0.2) is 17.1 Å². The highest BCUT2D eigenvalue weighted by Gasteiger charge is 2.08. The number of nitrogens with zero attached hydrogens (tertiary/aromatic N) is 2. The zero-order chi connectivity index (χ0) is 15.0. The average Bonchev–Trinajstić information content (AvgIpc) is 2.46. The number of rotatable bonds is 2. The zero-order valence-corrected chi connectivity index (χ0v) is 12.3. The first kappa shape index (κ1) is 13.4. The van der Waals surface area contributed by atoms with E-state index in [1.165, 1.54) is 0 Å². The van der Waals surface area contributed by atoms with Gasteiger partial charge in [-0.3, -0.25) is 4.98 Å². The molecule has 0 radical (unpaired) electrons. The standard InChI is InChI=1S/C17H17N3O/c1-10-6-13(7-11(2)17(10)21-3)12-4-5-14-15(8-12)20-16(18)9-19-14/h4-9H,1-3H3,(H2,18,20). The number of aromatic nitrogens is 2. The smallest absolute Gasteiger partial charge is 0.142 e. The topological polar surface area (TPSA) is 61.0 Å². The van der Waals surface area contributed by atoms with E-state index in [9.17, 15) is 0 Å². The van der Waals surface area contributed by atoms with E-state index in [1.807, 2.05) is 32.0 Å². The van der Waals surface area contributed by atoms with E-state index in [0.29, 0.717) is 5.82 Å². The molecule has 2 aromatic carbocycles. The van der Waals surface area contributed by atoms with E-state index in [4.69, 9.17) is 10.5 Å². The first-order valence-electron chi connectivity index (χ1n) is 6.76. The Kier molecular flexibility index (Phi) is 3.22. The number of benzene rings is 2. The molecule has 0 saturated heterocycles. The lowest BCUT2D eigenvalue weighted by Crippen LogP contribution is -1.94. The second-order valence-corrected chi connectivity index (χ2v) is 5.14. The van der Waals surface area contributed by atoms with Gasteiger partial charge in [-0.15, -0.1) is 0 Å². The maximum atomic E-state index is 5.71. The van der Waals surface area contributed by atoms with Gasteiger partial charge in [-0.2, -0.15) is 0 Å². The van der Waals surface area contributed by atoms with E-state index >= 15 is 0 Å². The summed E-state index contributed by atoms with van der Waals surface area (Å²) in [6.07, 6.45) is 1.57. The van der Waals surface area contributed by atoms with Crippen molar-refractivity contribution in [2.45, 2.75) is 13.8 Å². The molecule has 4 nitrogen and oxygen atoms in total. The highest BCUT2D eigenvalue weighted by atomic mass is 16.5. The third-order valence-corrected chi connectivity index (χ3v) is 3.56. The minimum atomic E-state index is 0.432. The van der Waals surface area contributed by atoms with Crippen molar-refractivity contribution in [1.29, 1.82) is 0 Å². The fourth-order valence-corrected chi connectivity index (χ4v) is 2.64. The van der Waals surface area contributed by atoms with Crippen molar-refractivity contribution in [3.63, 3.8) is 0 Å². The van der Waals surface area contributed by atoms with Crippen LogP contribution in [0.15, 0.2) is 36.5 Å².